The van der Waals surface area contributed by atoms with Gasteiger partial charge >= 0.3 is 0 Å². The van der Waals surface area contributed by atoms with Gasteiger partial charge in [-0.3, -0.25) is 4.68 Å². The number of nitrogens with one attached hydrogen (secondary N) is 1. The molecule has 0 aliphatic carbocycles. The third-order valence-electron chi connectivity index (χ3n) is 3.58. The molecule has 2 rings (SSSR count). The van der Waals surface area contributed by atoms with Crippen LogP contribution in [-0.4, -0.2) is 16.3 Å². The quantitative estimate of drug-likeness (QED) is 0.884. The maximum atomic E-state index is 13.7. The van der Waals surface area contributed by atoms with Gasteiger partial charge in [-0.05, 0) is 59.6 Å². The number of hydrogen-bond donors (Lipinski definition) is 1. The topological polar surface area (TPSA) is 29.9 Å². The van der Waals surface area contributed by atoms with Crippen molar-refractivity contribution in [2.24, 2.45) is 7.05 Å². The summed E-state index contributed by atoms with van der Waals surface area (Å²) in [5.41, 5.74) is 3.99. The first kappa shape index (κ1) is 16.2. The van der Waals surface area contributed by atoms with Crippen LogP contribution >= 0.6 is 15.9 Å². The van der Waals surface area contributed by atoms with E-state index in [-0.39, 0.29) is 11.9 Å². The molecule has 3 nitrogen and oxygen atoms in total. The molecule has 1 N–H and O–H groups in total. The van der Waals surface area contributed by atoms with Crippen LogP contribution in [0.2, 0.25) is 0 Å². The van der Waals surface area contributed by atoms with Crippen molar-refractivity contribution in [3.8, 4) is 0 Å². The summed E-state index contributed by atoms with van der Waals surface area (Å²) < 4.78 is 16.6. The lowest BCUT2D eigenvalue weighted by Crippen LogP contribution is -2.24. The van der Waals surface area contributed by atoms with Crippen molar-refractivity contribution in [3.05, 3.63) is 51.0 Å². The van der Waals surface area contributed by atoms with Crippen LogP contribution in [0.5, 0.6) is 0 Å². The monoisotopic (exact) mass is 353 g/mol. The molecule has 0 bridgehead atoms. The van der Waals surface area contributed by atoms with E-state index in [2.05, 4.69) is 33.3 Å². The number of aryl methyl sites for hydroxylation is 3. The van der Waals surface area contributed by atoms with Crippen molar-refractivity contribution in [3.63, 3.8) is 0 Å². The second kappa shape index (κ2) is 6.71. The van der Waals surface area contributed by atoms with Gasteiger partial charge in [0.2, 0.25) is 0 Å². The molecule has 0 aliphatic rings. The highest BCUT2D eigenvalue weighted by Crippen LogP contribution is 2.27. The van der Waals surface area contributed by atoms with Gasteiger partial charge in [0.1, 0.15) is 5.82 Å². The van der Waals surface area contributed by atoms with E-state index in [9.17, 15) is 4.39 Å². The van der Waals surface area contributed by atoms with Crippen LogP contribution in [0.15, 0.2) is 22.7 Å². The molecular weight excluding hydrogens is 333 g/mol. The van der Waals surface area contributed by atoms with E-state index in [1.165, 1.54) is 0 Å². The first-order valence-corrected chi connectivity index (χ1v) is 7.90. The molecule has 1 atom stereocenters. The fraction of sp³-hybridized carbons (Fsp3) is 0.438. The fourth-order valence-electron chi connectivity index (χ4n) is 2.62. The highest BCUT2D eigenvalue weighted by molar-refractivity contribution is 9.10. The summed E-state index contributed by atoms with van der Waals surface area (Å²) in [6.45, 7) is 6.78. The standard InChI is InChI=1S/C16H21BrFN3/c1-5-19-14(12-6-10(2)7-13(18)8-12)9-15-16(17)11(3)20-21(15)4/h6-8,14,19H,5,9H2,1-4H3. The molecule has 0 saturated carbocycles. The van der Waals surface area contributed by atoms with Crippen molar-refractivity contribution in [1.82, 2.24) is 15.1 Å². The Hall–Kier alpha value is -1.20. The average molecular weight is 354 g/mol. The molecular formula is C16H21BrFN3. The lowest BCUT2D eigenvalue weighted by molar-refractivity contribution is 0.522. The molecule has 0 spiro atoms. The van der Waals surface area contributed by atoms with Crippen molar-refractivity contribution >= 4 is 15.9 Å². The van der Waals surface area contributed by atoms with Crippen LogP contribution in [-0.2, 0) is 13.5 Å². The molecule has 1 heterocycles. The van der Waals surface area contributed by atoms with Gasteiger partial charge in [0, 0.05) is 19.5 Å². The normalized spacial score (nSPS) is 12.7. The highest BCUT2D eigenvalue weighted by Gasteiger charge is 2.18. The Morgan fingerprint density at radius 3 is 2.57 bits per heavy atom. The molecule has 0 aliphatic heterocycles. The zero-order valence-corrected chi connectivity index (χ0v) is 14.5. The van der Waals surface area contributed by atoms with Gasteiger partial charge in [-0.15, -0.1) is 0 Å². The summed E-state index contributed by atoms with van der Waals surface area (Å²) in [7, 11) is 1.94. The lowest BCUT2D eigenvalue weighted by Gasteiger charge is -2.19. The predicted molar refractivity (Wildman–Crippen MR) is 86.9 cm³/mol. The van der Waals surface area contributed by atoms with Crippen molar-refractivity contribution in [2.45, 2.75) is 33.2 Å². The van der Waals surface area contributed by atoms with Crippen molar-refractivity contribution in [2.75, 3.05) is 6.54 Å². The van der Waals surface area contributed by atoms with Crippen LogP contribution in [0.25, 0.3) is 0 Å². The summed E-state index contributed by atoms with van der Waals surface area (Å²) in [6.07, 6.45) is 0.759. The smallest absolute Gasteiger partial charge is 0.123 e. The zero-order chi connectivity index (χ0) is 15.6. The molecule has 0 radical (unpaired) electrons. The molecule has 0 saturated heterocycles. The summed E-state index contributed by atoms with van der Waals surface area (Å²) >= 11 is 3.60. The third-order valence-corrected chi connectivity index (χ3v) is 4.61. The maximum absolute atomic E-state index is 13.7. The first-order chi connectivity index (χ1) is 9.92. The van der Waals surface area contributed by atoms with Gasteiger partial charge < -0.3 is 5.32 Å². The molecule has 1 aromatic heterocycles. The van der Waals surface area contributed by atoms with E-state index in [0.29, 0.717) is 0 Å². The van der Waals surface area contributed by atoms with E-state index in [4.69, 9.17) is 0 Å². The van der Waals surface area contributed by atoms with E-state index in [0.717, 1.165) is 40.0 Å². The van der Waals surface area contributed by atoms with Gasteiger partial charge in [-0.1, -0.05) is 13.0 Å². The second-order valence-corrected chi connectivity index (χ2v) is 6.14. The minimum atomic E-state index is -0.187. The Balaban J connectivity index is 2.35. The van der Waals surface area contributed by atoms with E-state index < -0.39 is 0 Å². The Bertz CT molecular complexity index is 616. The SMILES string of the molecule is CCNC(Cc1c(Br)c(C)nn1C)c1cc(C)cc(F)c1. The van der Waals surface area contributed by atoms with Gasteiger partial charge in [-0.25, -0.2) is 4.39 Å². The summed E-state index contributed by atoms with van der Waals surface area (Å²) in [5.74, 6) is -0.187. The second-order valence-electron chi connectivity index (χ2n) is 5.35. The number of benzene rings is 1. The van der Waals surface area contributed by atoms with Gasteiger partial charge in [-0.2, -0.15) is 5.10 Å². The number of likely N-dealkylation sites (N-methyl/N-ethyl adjacent to an activating group) is 1. The Labute approximate surface area is 133 Å². The summed E-state index contributed by atoms with van der Waals surface area (Å²) in [5, 5.41) is 7.86. The molecule has 114 valence electrons. The van der Waals surface area contributed by atoms with Gasteiger partial charge in [0.15, 0.2) is 0 Å². The van der Waals surface area contributed by atoms with E-state index in [1.807, 2.05) is 31.6 Å². The third kappa shape index (κ3) is 3.71. The van der Waals surface area contributed by atoms with Crippen LogP contribution in [0.3, 0.4) is 0 Å². The number of nitrogens with zero attached hydrogens (tertiary/aromatic N) is 2. The fourth-order valence-corrected chi connectivity index (χ4v) is 3.11. The number of rotatable bonds is 5. The Morgan fingerprint density at radius 1 is 1.33 bits per heavy atom. The van der Waals surface area contributed by atoms with Crippen LogP contribution in [0.1, 0.15) is 35.5 Å². The molecule has 2 aromatic rings. The summed E-state index contributed by atoms with van der Waals surface area (Å²) in [4.78, 5) is 0. The molecule has 21 heavy (non-hydrogen) atoms. The van der Waals surface area contributed by atoms with E-state index >= 15 is 0 Å². The minimum absolute atomic E-state index is 0.0653. The minimum Gasteiger partial charge on any atom is -0.310 e. The number of aromatic nitrogens is 2. The Kier molecular flexibility index (Phi) is 5.17. The van der Waals surface area contributed by atoms with Crippen molar-refractivity contribution in [1.29, 1.82) is 0 Å². The predicted octanol–water partition coefficient (Wildman–Crippen LogP) is 3.83. The van der Waals surface area contributed by atoms with Gasteiger partial charge in [0.05, 0.1) is 15.9 Å². The molecule has 0 fully saturated rings. The van der Waals surface area contributed by atoms with Crippen LogP contribution in [0, 0.1) is 19.7 Å². The average Bonchev–Trinajstić information content (AvgIpc) is 2.63. The maximum Gasteiger partial charge on any atom is 0.123 e. The highest BCUT2D eigenvalue weighted by atomic mass is 79.9. The molecule has 0 amide bonds. The van der Waals surface area contributed by atoms with Gasteiger partial charge in [0.25, 0.3) is 0 Å². The molecule has 1 unspecified atom stereocenters. The lowest BCUT2D eigenvalue weighted by atomic mass is 9.99. The molecule has 1 aromatic carbocycles. The molecule has 5 heteroatoms. The van der Waals surface area contributed by atoms with Crippen LogP contribution < -0.4 is 5.32 Å². The zero-order valence-electron chi connectivity index (χ0n) is 12.9. The van der Waals surface area contributed by atoms with E-state index in [1.54, 1.807) is 12.1 Å². The largest absolute Gasteiger partial charge is 0.310 e. The number of hydrogen-bond acceptors (Lipinski definition) is 2. The Morgan fingerprint density at radius 2 is 2.05 bits per heavy atom. The number of halogens is 2. The summed E-state index contributed by atoms with van der Waals surface area (Å²) in [6, 6.07) is 5.26. The first-order valence-electron chi connectivity index (χ1n) is 7.10. The van der Waals surface area contributed by atoms with Crippen LogP contribution in [0.4, 0.5) is 4.39 Å². The van der Waals surface area contributed by atoms with Crippen molar-refractivity contribution < 1.29 is 4.39 Å².